The number of benzene rings is 1. The minimum absolute atomic E-state index is 0.555. The molecule has 0 saturated carbocycles. The first-order valence-corrected chi connectivity index (χ1v) is 5.83. The van der Waals surface area contributed by atoms with Crippen LogP contribution >= 0.6 is 0 Å². The molecule has 90 valence electrons. The van der Waals surface area contributed by atoms with Gasteiger partial charge in [-0.05, 0) is 12.1 Å². The maximum absolute atomic E-state index is 5.50. The first-order valence-electron chi connectivity index (χ1n) is 5.83. The Hall–Kier alpha value is -2.27. The van der Waals surface area contributed by atoms with Gasteiger partial charge in [0.2, 0.25) is 0 Å². The van der Waals surface area contributed by atoms with Crippen molar-refractivity contribution in [1.29, 1.82) is 0 Å². The highest BCUT2D eigenvalue weighted by Crippen LogP contribution is 2.25. The Labute approximate surface area is 104 Å². The summed E-state index contributed by atoms with van der Waals surface area (Å²) < 4.78 is 1.75. The third-order valence-electron chi connectivity index (χ3n) is 2.82. The Bertz CT molecular complexity index is 668. The van der Waals surface area contributed by atoms with Gasteiger partial charge in [-0.25, -0.2) is 0 Å². The average Bonchev–Trinajstić information content (AvgIpc) is 2.87. The monoisotopic (exact) mass is 239 g/mol. The molecule has 0 amide bonds. The highest BCUT2D eigenvalue weighted by atomic mass is 15.4. The smallest absolute Gasteiger partial charge is 0.113 e. The minimum atomic E-state index is 0.555. The van der Waals surface area contributed by atoms with Gasteiger partial charge in [-0.3, -0.25) is 9.67 Å². The molecule has 2 aromatic heterocycles. The maximum Gasteiger partial charge on any atom is 0.113 e. The number of nitrogens with zero attached hydrogens (tertiary/aromatic N) is 4. The topological polar surface area (TPSA) is 69.6 Å². The molecular formula is C13H13N5. The van der Waals surface area contributed by atoms with Crippen LogP contribution in [0.4, 0.5) is 0 Å². The largest absolute Gasteiger partial charge is 0.329 e. The van der Waals surface area contributed by atoms with Gasteiger partial charge in [0.15, 0.2) is 0 Å². The van der Waals surface area contributed by atoms with E-state index in [1.165, 1.54) is 0 Å². The molecule has 0 fully saturated rings. The van der Waals surface area contributed by atoms with E-state index in [4.69, 9.17) is 5.73 Å². The van der Waals surface area contributed by atoms with E-state index in [-0.39, 0.29) is 0 Å². The van der Waals surface area contributed by atoms with Gasteiger partial charge in [0.05, 0.1) is 18.3 Å². The number of fused-ring (bicyclic) bond motifs is 1. The number of rotatable bonds is 3. The van der Waals surface area contributed by atoms with E-state index in [9.17, 15) is 0 Å². The maximum atomic E-state index is 5.50. The van der Waals surface area contributed by atoms with E-state index < -0.39 is 0 Å². The molecule has 5 heteroatoms. The van der Waals surface area contributed by atoms with Gasteiger partial charge in [0, 0.05) is 23.7 Å². The second-order valence-corrected chi connectivity index (χ2v) is 4.03. The molecule has 0 radical (unpaired) electrons. The molecule has 0 bridgehead atoms. The molecule has 0 unspecified atom stereocenters. The molecule has 0 aliphatic heterocycles. The van der Waals surface area contributed by atoms with Crippen LogP contribution in [-0.4, -0.2) is 26.5 Å². The number of nitrogens with two attached hydrogens (primary N) is 1. The lowest BCUT2D eigenvalue weighted by Crippen LogP contribution is -2.10. The van der Waals surface area contributed by atoms with Crippen molar-refractivity contribution in [1.82, 2.24) is 20.0 Å². The molecule has 0 spiro atoms. The summed E-state index contributed by atoms with van der Waals surface area (Å²) in [6.07, 6.45) is 3.70. The zero-order valence-electron chi connectivity index (χ0n) is 9.82. The molecule has 3 aromatic rings. The van der Waals surface area contributed by atoms with Gasteiger partial charge >= 0.3 is 0 Å². The molecule has 3 rings (SSSR count). The van der Waals surface area contributed by atoms with Crippen molar-refractivity contribution in [3.05, 3.63) is 42.7 Å². The molecular weight excluding hydrogens is 226 g/mol. The molecule has 2 heterocycles. The van der Waals surface area contributed by atoms with E-state index in [0.717, 1.165) is 22.2 Å². The van der Waals surface area contributed by atoms with Gasteiger partial charge in [-0.2, -0.15) is 0 Å². The van der Waals surface area contributed by atoms with Gasteiger partial charge < -0.3 is 5.73 Å². The summed E-state index contributed by atoms with van der Waals surface area (Å²) in [6.45, 7) is 1.23. The van der Waals surface area contributed by atoms with Crippen LogP contribution in [-0.2, 0) is 6.54 Å². The van der Waals surface area contributed by atoms with Crippen molar-refractivity contribution in [3.63, 3.8) is 0 Å². The van der Waals surface area contributed by atoms with Crippen molar-refractivity contribution in [3.8, 4) is 11.3 Å². The molecule has 0 saturated heterocycles. The lowest BCUT2D eigenvalue weighted by Gasteiger charge is -2.01. The van der Waals surface area contributed by atoms with Gasteiger partial charge in [-0.15, -0.1) is 5.10 Å². The van der Waals surface area contributed by atoms with E-state index in [0.29, 0.717) is 13.1 Å². The number of para-hydroxylation sites is 1. The fourth-order valence-corrected chi connectivity index (χ4v) is 1.98. The van der Waals surface area contributed by atoms with Gasteiger partial charge in [0.25, 0.3) is 0 Å². The second-order valence-electron chi connectivity index (χ2n) is 4.03. The standard InChI is InChI=1S/C13H13N5/c14-6-8-18-9-13(16-17-18)11-5-7-15-12-4-2-1-3-10(11)12/h1-5,7,9H,6,8,14H2. The predicted octanol–water partition coefficient (Wildman–Crippen LogP) is 1.45. The van der Waals surface area contributed by atoms with Crippen molar-refractivity contribution in [2.45, 2.75) is 6.54 Å². The van der Waals surface area contributed by atoms with Crippen LogP contribution in [0.5, 0.6) is 0 Å². The zero-order chi connectivity index (χ0) is 12.4. The summed E-state index contributed by atoms with van der Waals surface area (Å²) in [5, 5.41) is 9.32. The lowest BCUT2D eigenvalue weighted by atomic mass is 10.1. The minimum Gasteiger partial charge on any atom is -0.329 e. The van der Waals surface area contributed by atoms with Crippen LogP contribution < -0.4 is 5.73 Å². The summed E-state index contributed by atoms with van der Waals surface area (Å²) in [6, 6.07) is 9.96. The van der Waals surface area contributed by atoms with Gasteiger partial charge in [-0.1, -0.05) is 23.4 Å². The molecule has 0 aliphatic rings. The Morgan fingerprint density at radius 3 is 2.94 bits per heavy atom. The average molecular weight is 239 g/mol. The van der Waals surface area contributed by atoms with Crippen LogP contribution in [0.25, 0.3) is 22.2 Å². The number of aromatic nitrogens is 4. The first-order chi connectivity index (χ1) is 8.88. The van der Waals surface area contributed by atoms with Crippen molar-refractivity contribution in [2.24, 2.45) is 5.73 Å². The second kappa shape index (κ2) is 4.54. The number of hydrogen-bond donors (Lipinski definition) is 1. The summed E-state index contributed by atoms with van der Waals surface area (Å²) in [4.78, 5) is 4.34. The van der Waals surface area contributed by atoms with E-state index in [2.05, 4.69) is 15.3 Å². The fraction of sp³-hybridized carbons (Fsp3) is 0.154. The molecule has 0 atom stereocenters. The van der Waals surface area contributed by atoms with E-state index in [1.54, 1.807) is 10.9 Å². The Kier molecular flexibility index (Phi) is 2.74. The van der Waals surface area contributed by atoms with Crippen LogP contribution in [0.2, 0.25) is 0 Å². The SMILES string of the molecule is NCCn1cc(-c2ccnc3ccccc23)nn1. The predicted molar refractivity (Wildman–Crippen MR) is 69.8 cm³/mol. The van der Waals surface area contributed by atoms with E-state index in [1.807, 2.05) is 36.5 Å². The quantitative estimate of drug-likeness (QED) is 0.751. The highest BCUT2D eigenvalue weighted by molar-refractivity contribution is 5.92. The van der Waals surface area contributed by atoms with Crippen LogP contribution in [0.3, 0.4) is 0 Å². The normalized spacial score (nSPS) is 10.9. The summed E-state index contributed by atoms with van der Waals surface area (Å²) in [5.74, 6) is 0. The fourth-order valence-electron chi connectivity index (χ4n) is 1.98. The third kappa shape index (κ3) is 1.84. The van der Waals surface area contributed by atoms with E-state index >= 15 is 0 Å². The van der Waals surface area contributed by atoms with Crippen molar-refractivity contribution in [2.75, 3.05) is 6.54 Å². The number of pyridine rings is 1. The Morgan fingerprint density at radius 2 is 2.06 bits per heavy atom. The molecule has 1 aromatic carbocycles. The van der Waals surface area contributed by atoms with Crippen LogP contribution in [0.1, 0.15) is 0 Å². The molecule has 2 N–H and O–H groups in total. The van der Waals surface area contributed by atoms with Crippen molar-refractivity contribution < 1.29 is 0 Å². The lowest BCUT2D eigenvalue weighted by molar-refractivity contribution is 0.598. The van der Waals surface area contributed by atoms with Crippen LogP contribution in [0.15, 0.2) is 42.7 Å². The zero-order valence-corrected chi connectivity index (χ0v) is 9.82. The number of hydrogen-bond acceptors (Lipinski definition) is 4. The Morgan fingerprint density at radius 1 is 1.17 bits per heavy atom. The summed E-state index contributed by atoms with van der Waals surface area (Å²) in [5.41, 5.74) is 8.36. The van der Waals surface area contributed by atoms with Gasteiger partial charge in [0.1, 0.15) is 5.69 Å². The molecule has 0 aliphatic carbocycles. The summed E-state index contributed by atoms with van der Waals surface area (Å²) in [7, 11) is 0. The Balaban J connectivity index is 2.12. The van der Waals surface area contributed by atoms with Crippen LogP contribution in [0, 0.1) is 0 Å². The third-order valence-corrected chi connectivity index (χ3v) is 2.82. The molecule has 5 nitrogen and oxygen atoms in total. The summed E-state index contributed by atoms with van der Waals surface area (Å²) >= 11 is 0. The first kappa shape index (κ1) is 10.9. The van der Waals surface area contributed by atoms with Crippen molar-refractivity contribution >= 4 is 10.9 Å². The highest BCUT2D eigenvalue weighted by Gasteiger charge is 2.07. The molecule has 18 heavy (non-hydrogen) atoms.